The summed E-state index contributed by atoms with van der Waals surface area (Å²) in [5.74, 6) is -0.829. The highest BCUT2D eigenvalue weighted by Crippen LogP contribution is 2.45. The molecule has 1 aliphatic heterocycles. The minimum Gasteiger partial charge on any atom is -0.481 e. The zero-order valence-corrected chi connectivity index (χ0v) is 17.1. The van der Waals surface area contributed by atoms with Gasteiger partial charge in [0.1, 0.15) is 5.60 Å². The van der Waals surface area contributed by atoms with Crippen LogP contribution in [-0.4, -0.2) is 22.7 Å². The van der Waals surface area contributed by atoms with E-state index in [1.165, 1.54) is 32.8 Å². The lowest BCUT2D eigenvalue weighted by atomic mass is 9.84. The van der Waals surface area contributed by atoms with Crippen LogP contribution in [0.25, 0.3) is 32.8 Å². The number of aromatic nitrogens is 1. The molecule has 2 heterocycles. The molecule has 30 heavy (non-hydrogen) atoms. The van der Waals surface area contributed by atoms with E-state index in [2.05, 4.69) is 72.6 Å². The van der Waals surface area contributed by atoms with Crippen molar-refractivity contribution in [2.75, 3.05) is 6.61 Å². The molecule has 0 radical (unpaired) electrons. The van der Waals surface area contributed by atoms with Gasteiger partial charge in [-0.05, 0) is 46.4 Å². The van der Waals surface area contributed by atoms with Crippen molar-refractivity contribution < 1.29 is 14.6 Å². The Morgan fingerprint density at radius 3 is 2.67 bits per heavy atom. The zero-order valence-electron chi connectivity index (χ0n) is 17.1. The molecule has 0 amide bonds. The lowest BCUT2D eigenvalue weighted by molar-refractivity contribution is -0.149. The predicted molar refractivity (Wildman–Crippen MR) is 120 cm³/mol. The fourth-order valence-corrected chi connectivity index (χ4v) is 5.13. The first-order chi connectivity index (χ1) is 14.6. The number of ether oxygens (including phenoxy) is 1. The van der Waals surface area contributed by atoms with E-state index in [4.69, 9.17) is 4.74 Å². The fraction of sp³-hybridized carbons (Fsp3) is 0.269. The Balaban J connectivity index is 1.79. The van der Waals surface area contributed by atoms with Gasteiger partial charge in [-0.25, -0.2) is 0 Å². The Labute approximate surface area is 175 Å². The van der Waals surface area contributed by atoms with E-state index in [0.29, 0.717) is 13.0 Å². The van der Waals surface area contributed by atoms with Gasteiger partial charge in [0.25, 0.3) is 0 Å². The SMILES string of the molecule is CCCC1(CC(=O)O)OCCc2c1[nH]c1cccc(-c3cccc4ccccc34)c21. The standard InChI is InChI=1S/C26H25NO3/c1-2-14-26(16-23(28)29)25-21(13-15-30-26)24-20(11-6-12-22(24)27-25)19-10-5-8-17-7-3-4-9-18(17)19/h3-12,27H,2,13-16H2,1H3,(H,28,29). The van der Waals surface area contributed by atoms with Gasteiger partial charge in [0.05, 0.1) is 18.7 Å². The third-order valence-corrected chi connectivity index (χ3v) is 6.28. The number of benzene rings is 3. The molecule has 0 aliphatic carbocycles. The highest BCUT2D eigenvalue weighted by Gasteiger charge is 2.41. The first kappa shape index (κ1) is 18.9. The third kappa shape index (κ3) is 2.91. The predicted octanol–water partition coefficient (Wildman–Crippen LogP) is 6.03. The highest BCUT2D eigenvalue weighted by molar-refractivity contribution is 6.06. The molecule has 4 aromatic rings. The van der Waals surface area contributed by atoms with E-state index in [1.54, 1.807) is 0 Å². The Morgan fingerprint density at radius 1 is 1.07 bits per heavy atom. The van der Waals surface area contributed by atoms with Crippen LogP contribution in [0.2, 0.25) is 0 Å². The summed E-state index contributed by atoms with van der Waals surface area (Å²) in [5.41, 5.74) is 4.79. The second kappa shape index (κ2) is 7.29. The molecule has 5 rings (SSSR count). The van der Waals surface area contributed by atoms with Gasteiger partial charge in [0.2, 0.25) is 0 Å². The molecule has 1 aromatic heterocycles. The van der Waals surface area contributed by atoms with Crippen molar-refractivity contribution in [3.8, 4) is 11.1 Å². The van der Waals surface area contributed by atoms with Crippen molar-refractivity contribution in [2.24, 2.45) is 0 Å². The van der Waals surface area contributed by atoms with Crippen molar-refractivity contribution in [1.29, 1.82) is 0 Å². The number of aromatic amines is 1. The summed E-state index contributed by atoms with van der Waals surface area (Å²) in [6, 6.07) is 21.2. The van der Waals surface area contributed by atoms with Crippen LogP contribution in [0.15, 0.2) is 60.7 Å². The molecule has 3 aromatic carbocycles. The van der Waals surface area contributed by atoms with Gasteiger partial charge in [-0.2, -0.15) is 0 Å². The van der Waals surface area contributed by atoms with Gasteiger partial charge >= 0.3 is 5.97 Å². The number of carboxylic acid groups (broad SMARTS) is 1. The molecular formula is C26H25NO3. The summed E-state index contributed by atoms with van der Waals surface area (Å²) in [4.78, 5) is 15.3. The second-order valence-corrected chi connectivity index (χ2v) is 8.15. The number of hydrogen-bond donors (Lipinski definition) is 2. The zero-order chi connectivity index (χ0) is 20.7. The number of rotatable bonds is 5. The first-order valence-corrected chi connectivity index (χ1v) is 10.6. The Kier molecular flexibility index (Phi) is 4.59. The fourth-order valence-electron chi connectivity index (χ4n) is 5.13. The quantitative estimate of drug-likeness (QED) is 0.431. The Bertz CT molecular complexity index is 1250. The van der Waals surface area contributed by atoms with Gasteiger partial charge < -0.3 is 14.8 Å². The van der Waals surface area contributed by atoms with Gasteiger partial charge in [-0.1, -0.05) is 67.9 Å². The Hall–Kier alpha value is -3.11. The number of fused-ring (bicyclic) bond motifs is 4. The van der Waals surface area contributed by atoms with Crippen molar-refractivity contribution in [2.45, 2.75) is 38.2 Å². The van der Waals surface area contributed by atoms with Crippen LogP contribution in [0.3, 0.4) is 0 Å². The van der Waals surface area contributed by atoms with Crippen molar-refractivity contribution in [3.05, 3.63) is 71.9 Å². The maximum Gasteiger partial charge on any atom is 0.306 e. The smallest absolute Gasteiger partial charge is 0.306 e. The number of aliphatic carboxylic acids is 1. The Morgan fingerprint density at radius 2 is 1.83 bits per heavy atom. The molecule has 2 N–H and O–H groups in total. The largest absolute Gasteiger partial charge is 0.481 e. The summed E-state index contributed by atoms with van der Waals surface area (Å²) in [6.45, 7) is 2.61. The maximum absolute atomic E-state index is 11.7. The lowest BCUT2D eigenvalue weighted by Gasteiger charge is -2.36. The van der Waals surface area contributed by atoms with Crippen LogP contribution >= 0.6 is 0 Å². The van der Waals surface area contributed by atoms with E-state index in [1.807, 2.05) is 0 Å². The topological polar surface area (TPSA) is 62.3 Å². The minimum atomic E-state index is -0.829. The normalized spacial score (nSPS) is 18.6. The lowest BCUT2D eigenvalue weighted by Crippen LogP contribution is -2.37. The van der Waals surface area contributed by atoms with Crippen LogP contribution < -0.4 is 0 Å². The van der Waals surface area contributed by atoms with Gasteiger partial charge in [0.15, 0.2) is 0 Å². The average Bonchev–Trinajstić information content (AvgIpc) is 3.14. The molecule has 1 unspecified atom stereocenters. The van der Waals surface area contributed by atoms with Crippen LogP contribution in [0.1, 0.15) is 37.4 Å². The van der Waals surface area contributed by atoms with E-state index >= 15 is 0 Å². The molecule has 4 heteroatoms. The molecule has 0 bridgehead atoms. The molecular weight excluding hydrogens is 374 g/mol. The summed E-state index contributed by atoms with van der Waals surface area (Å²) in [5, 5.41) is 13.2. The molecule has 152 valence electrons. The third-order valence-electron chi connectivity index (χ3n) is 6.28. The highest BCUT2D eigenvalue weighted by atomic mass is 16.5. The van der Waals surface area contributed by atoms with E-state index in [-0.39, 0.29) is 6.42 Å². The van der Waals surface area contributed by atoms with Gasteiger partial charge in [0, 0.05) is 10.9 Å². The number of H-pyrrole nitrogens is 1. The molecule has 0 spiro atoms. The number of hydrogen-bond acceptors (Lipinski definition) is 2. The summed E-state index contributed by atoms with van der Waals surface area (Å²) >= 11 is 0. The number of carbonyl (C=O) groups is 1. The van der Waals surface area contributed by atoms with Crippen LogP contribution in [0.4, 0.5) is 0 Å². The van der Waals surface area contributed by atoms with Crippen molar-refractivity contribution in [1.82, 2.24) is 4.98 Å². The second-order valence-electron chi connectivity index (χ2n) is 8.15. The van der Waals surface area contributed by atoms with Crippen molar-refractivity contribution >= 4 is 27.6 Å². The van der Waals surface area contributed by atoms with E-state index in [9.17, 15) is 9.90 Å². The average molecular weight is 399 g/mol. The number of carboxylic acids is 1. The first-order valence-electron chi connectivity index (χ1n) is 10.6. The summed E-state index contributed by atoms with van der Waals surface area (Å²) < 4.78 is 6.18. The number of nitrogens with one attached hydrogen (secondary N) is 1. The summed E-state index contributed by atoms with van der Waals surface area (Å²) in [6.07, 6.45) is 2.30. The molecule has 0 fully saturated rings. The summed E-state index contributed by atoms with van der Waals surface area (Å²) in [7, 11) is 0. The van der Waals surface area contributed by atoms with E-state index in [0.717, 1.165) is 24.1 Å². The molecule has 1 aliphatic rings. The molecule has 0 saturated heterocycles. The van der Waals surface area contributed by atoms with Gasteiger partial charge in [-0.15, -0.1) is 0 Å². The van der Waals surface area contributed by atoms with Crippen LogP contribution in [0, 0.1) is 0 Å². The van der Waals surface area contributed by atoms with Crippen LogP contribution in [0.5, 0.6) is 0 Å². The maximum atomic E-state index is 11.7. The van der Waals surface area contributed by atoms with Crippen molar-refractivity contribution in [3.63, 3.8) is 0 Å². The van der Waals surface area contributed by atoms with E-state index < -0.39 is 11.6 Å². The molecule has 4 nitrogen and oxygen atoms in total. The molecule has 1 atom stereocenters. The molecule has 0 saturated carbocycles. The monoisotopic (exact) mass is 399 g/mol. The van der Waals surface area contributed by atoms with Gasteiger partial charge in [-0.3, -0.25) is 4.79 Å². The minimum absolute atomic E-state index is 0.0235. The van der Waals surface area contributed by atoms with Crippen LogP contribution in [-0.2, 0) is 21.6 Å².